The van der Waals surface area contributed by atoms with Crippen molar-refractivity contribution in [3.63, 3.8) is 0 Å². The zero-order valence-electron chi connectivity index (χ0n) is 69.9. The van der Waals surface area contributed by atoms with E-state index < -0.39 is 53.1 Å². The molecule has 8 rings (SSSR count). The van der Waals surface area contributed by atoms with Crippen LogP contribution in [0.25, 0.3) is 45.0 Å². The molecule has 0 bridgehead atoms. The SMILES string of the molecule is Cc1cc(C(C)(C)C)ccc1-c1cc(C(C)C)[c]([Ge]([CH3])([CH3])[CH3])c[n+]1C.Cc1cc(CC(C)C)ccc1-c1cc(C(C)C)[c]([Ge]([CH3])([CH3])[CH3])c[n+]1C.Cc1ccc(C(C)C)cc1-c1cc(C(C)(C)C)[c]([Ge]([CH3])([CH3])[CH3])c[n+]1C.Cc1ccc(C)c(-c2cc(C(C)(C)C)[c]([Ge]([CH3])([CH3])[CH3])c[n+]2C)c1. The molecular weight excluding hydrogens is 1430 g/mol. The molecule has 4 nitrogen and oxygen atoms in total. The number of hydrogen-bond donors (Lipinski definition) is 0. The zero-order valence-corrected chi connectivity index (χ0v) is 78.2. The van der Waals surface area contributed by atoms with Gasteiger partial charge in [-0.3, -0.25) is 0 Å². The van der Waals surface area contributed by atoms with E-state index in [2.05, 4.69) is 390 Å². The van der Waals surface area contributed by atoms with Gasteiger partial charge in [0.25, 0.3) is 0 Å². The summed E-state index contributed by atoms with van der Waals surface area (Å²) >= 11 is -7.65. The molecule has 0 radical (unpaired) electrons. The summed E-state index contributed by atoms with van der Waals surface area (Å²) in [6, 6.07) is 37.5. The average Bonchev–Trinajstić information content (AvgIpc) is 0.790. The normalized spacial score (nSPS) is 12.6. The molecule has 0 spiro atoms. The fourth-order valence-electron chi connectivity index (χ4n) is 13.7. The van der Waals surface area contributed by atoms with Gasteiger partial charge >= 0.3 is 618 Å². The number of nitrogens with zero attached hydrogens (tertiary/aromatic N) is 4. The summed E-state index contributed by atoms with van der Waals surface area (Å²) in [6.07, 6.45) is 10.8. The number of aromatic nitrogens is 4. The second-order valence-corrected chi connectivity index (χ2v) is 80.1. The van der Waals surface area contributed by atoms with E-state index in [0.717, 1.165) is 6.42 Å². The Balaban J connectivity index is 0.000000236. The monoisotopic (exact) mass is 1570 g/mol. The molecule has 0 aliphatic carbocycles. The molecule has 4 aromatic heterocycles. The first-order chi connectivity index (χ1) is 44.5. The number of pyridine rings is 4. The Kier molecular flexibility index (Phi) is 28.0. The van der Waals surface area contributed by atoms with Crippen LogP contribution in [0.3, 0.4) is 0 Å². The molecule has 0 aliphatic heterocycles. The van der Waals surface area contributed by atoms with Crippen molar-refractivity contribution in [3.8, 4) is 45.0 Å². The Bertz CT molecular complexity index is 4090. The van der Waals surface area contributed by atoms with Gasteiger partial charge in [0.2, 0.25) is 0 Å². The van der Waals surface area contributed by atoms with E-state index >= 15 is 0 Å². The molecular formula is C90H140Ge4N4+4. The van der Waals surface area contributed by atoms with Crippen LogP contribution in [-0.2, 0) is 50.9 Å². The molecule has 4 aromatic carbocycles. The van der Waals surface area contributed by atoms with Crippen LogP contribution in [0.4, 0.5) is 0 Å². The van der Waals surface area contributed by atoms with Gasteiger partial charge in [-0.05, 0) is 0 Å². The van der Waals surface area contributed by atoms with E-state index in [-0.39, 0.29) is 16.2 Å². The van der Waals surface area contributed by atoms with Crippen molar-refractivity contribution in [2.45, 2.75) is 262 Å². The summed E-state index contributed by atoms with van der Waals surface area (Å²) in [5, 5.41) is 0. The second kappa shape index (κ2) is 32.5. The number of aryl methyl sites for hydroxylation is 9. The summed E-state index contributed by atoms with van der Waals surface area (Å²) in [4.78, 5) is 0. The topological polar surface area (TPSA) is 15.5 Å². The van der Waals surface area contributed by atoms with Crippen LogP contribution < -0.4 is 35.9 Å². The van der Waals surface area contributed by atoms with Crippen molar-refractivity contribution in [2.75, 3.05) is 0 Å². The molecule has 98 heavy (non-hydrogen) atoms. The minimum atomic E-state index is -1.94. The first kappa shape index (κ1) is 84.3. The van der Waals surface area contributed by atoms with E-state index in [0.29, 0.717) is 23.7 Å². The number of rotatable bonds is 13. The van der Waals surface area contributed by atoms with Crippen LogP contribution in [0.1, 0.15) is 202 Å². The van der Waals surface area contributed by atoms with Crippen LogP contribution in [0, 0.1) is 40.5 Å². The molecule has 0 saturated carbocycles. The Morgan fingerprint density at radius 1 is 0.327 bits per heavy atom. The van der Waals surface area contributed by atoms with Gasteiger partial charge in [-0.25, -0.2) is 0 Å². The van der Waals surface area contributed by atoms with E-state index in [4.69, 9.17) is 0 Å². The van der Waals surface area contributed by atoms with Gasteiger partial charge in [0.1, 0.15) is 0 Å². The molecule has 8 aromatic rings. The molecule has 0 unspecified atom stereocenters. The molecule has 4 heterocycles. The quantitative estimate of drug-likeness (QED) is 0.0808. The van der Waals surface area contributed by atoms with Crippen molar-refractivity contribution < 1.29 is 18.3 Å². The van der Waals surface area contributed by atoms with Crippen LogP contribution in [-0.4, -0.2) is 53.1 Å². The van der Waals surface area contributed by atoms with Crippen molar-refractivity contribution in [2.24, 2.45) is 34.1 Å². The van der Waals surface area contributed by atoms with Gasteiger partial charge in [0, 0.05) is 0 Å². The molecule has 0 saturated heterocycles. The Morgan fingerprint density at radius 2 is 0.673 bits per heavy atom. The van der Waals surface area contributed by atoms with Gasteiger partial charge in [-0.2, -0.15) is 0 Å². The average molecular weight is 1570 g/mol. The maximum atomic E-state index is 2.49. The molecule has 0 N–H and O–H groups in total. The van der Waals surface area contributed by atoms with Crippen molar-refractivity contribution in [1.82, 2.24) is 0 Å². The van der Waals surface area contributed by atoms with Gasteiger partial charge in [-0.1, -0.05) is 0 Å². The summed E-state index contributed by atoms with van der Waals surface area (Å²) in [5.41, 5.74) is 28.5. The maximum absolute atomic E-state index is 2.49. The molecule has 0 amide bonds. The van der Waals surface area contributed by atoms with E-state index in [1.807, 2.05) is 0 Å². The van der Waals surface area contributed by atoms with Crippen LogP contribution in [0.5, 0.6) is 0 Å². The first-order valence-corrected chi connectivity index (χ1v) is 66.5. The van der Waals surface area contributed by atoms with Crippen molar-refractivity contribution in [1.29, 1.82) is 0 Å². The Hall–Kier alpha value is -4.35. The minimum absolute atomic E-state index is 0.167. The fourth-order valence-corrected chi connectivity index (χ4v) is 28.9. The van der Waals surface area contributed by atoms with E-state index in [9.17, 15) is 0 Å². The van der Waals surface area contributed by atoms with Gasteiger partial charge in [0.15, 0.2) is 0 Å². The van der Waals surface area contributed by atoms with Gasteiger partial charge < -0.3 is 0 Å². The third kappa shape index (κ3) is 21.9. The predicted molar refractivity (Wildman–Crippen MR) is 445 cm³/mol. The molecule has 0 aliphatic rings. The standard InChI is InChI=1S/3C23H36GeN.C21H32GeN/c1-16(2)20-14-22(25(10)15-21(20)24(7,8)9)19-12-11-18(13-17(19)3)23(4,5)6;1-16(2)18-12-11-17(3)19(13-18)22-14-20(23(4,5)6)21(15-25(22)10)24(7,8)9;1-16(2)12-19-10-11-20(18(5)13-19)23-14-21(17(3)4)22(15-25(23)9)24(6,7)8;1-15-10-11-16(2)17(12-15)20-13-18(21(3,4)5)19(14-23(20)9)22(6,7)8/h2*11-16H,1-10H3;10-11,13-17H,12H2,1-9H3;10-14H,1-9H3/q4*+1. The van der Waals surface area contributed by atoms with Gasteiger partial charge in [-0.15, -0.1) is 0 Å². The summed E-state index contributed by atoms with van der Waals surface area (Å²) in [6.45, 7) is 50.4. The number of hydrogen-bond acceptors (Lipinski definition) is 0. The molecule has 8 heteroatoms. The third-order valence-electron chi connectivity index (χ3n) is 19.7. The Labute approximate surface area is 613 Å². The van der Waals surface area contributed by atoms with E-state index in [1.54, 1.807) is 28.7 Å². The summed E-state index contributed by atoms with van der Waals surface area (Å²) in [5.74, 6) is 32.3. The van der Waals surface area contributed by atoms with E-state index in [1.165, 1.54) is 101 Å². The first-order valence-electron chi connectivity index (χ1n) is 37.1. The second-order valence-electron chi connectivity index (χ2n) is 37.9. The van der Waals surface area contributed by atoms with Gasteiger partial charge in [0.05, 0.1) is 0 Å². The zero-order chi connectivity index (χ0) is 74.8. The third-order valence-corrected chi connectivity index (χ3v) is 36.7. The predicted octanol–water partition coefficient (Wildman–Crippen LogP) is 20.9. The summed E-state index contributed by atoms with van der Waals surface area (Å²) in [7, 11) is 8.81. The van der Waals surface area contributed by atoms with Crippen molar-refractivity contribution in [3.05, 3.63) is 189 Å². The Morgan fingerprint density at radius 3 is 1.00 bits per heavy atom. The summed E-state index contributed by atoms with van der Waals surface area (Å²) < 4.78 is 15.9. The molecule has 532 valence electrons. The molecule has 0 atom stereocenters. The van der Waals surface area contributed by atoms with Crippen molar-refractivity contribution >= 4 is 70.6 Å². The number of benzene rings is 4. The fraction of sp³-hybridized carbons (Fsp3) is 0.511. The van der Waals surface area contributed by atoms with Crippen LogP contribution >= 0.6 is 0 Å². The molecule has 0 fully saturated rings. The van der Waals surface area contributed by atoms with Crippen LogP contribution in [0.2, 0.25) is 69.1 Å². The van der Waals surface area contributed by atoms with Crippen LogP contribution in [0.15, 0.2) is 122 Å².